The smallest absolute Gasteiger partial charge is 0.337 e. The first-order chi connectivity index (χ1) is 9.24. The highest BCUT2D eigenvalue weighted by Gasteiger charge is 2.02. The minimum absolute atomic E-state index is 0.264. The van der Waals surface area contributed by atoms with Crippen LogP contribution in [0.4, 0.5) is 0 Å². The summed E-state index contributed by atoms with van der Waals surface area (Å²) in [5.74, 6) is -0.911. The summed E-state index contributed by atoms with van der Waals surface area (Å²) in [6.45, 7) is 2.24. The van der Waals surface area contributed by atoms with Crippen molar-refractivity contribution in [2.75, 3.05) is 0 Å². The summed E-state index contributed by atoms with van der Waals surface area (Å²) < 4.78 is 0. The lowest BCUT2D eigenvalue weighted by Gasteiger charge is -2.02. The van der Waals surface area contributed by atoms with Crippen LogP contribution in [0.25, 0.3) is 0 Å². The highest BCUT2D eigenvalue weighted by Crippen LogP contribution is 2.10. The highest BCUT2D eigenvalue weighted by molar-refractivity contribution is 5.87. The minimum Gasteiger partial charge on any atom is -0.478 e. The van der Waals surface area contributed by atoms with E-state index in [-0.39, 0.29) is 5.56 Å². The highest BCUT2D eigenvalue weighted by atomic mass is 16.4. The molecule has 0 atom stereocenters. The number of hydrogen-bond acceptors (Lipinski definition) is 2. The zero-order chi connectivity index (χ0) is 13.9. The van der Waals surface area contributed by atoms with Crippen molar-refractivity contribution in [2.45, 2.75) is 64.7 Å². The van der Waals surface area contributed by atoms with Gasteiger partial charge >= 0.3 is 5.97 Å². The first-order valence-corrected chi connectivity index (χ1v) is 7.42. The van der Waals surface area contributed by atoms with Gasteiger partial charge in [-0.05, 0) is 25.0 Å². The maximum atomic E-state index is 10.7. The third kappa shape index (κ3) is 6.94. The van der Waals surface area contributed by atoms with Crippen LogP contribution < -0.4 is 0 Å². The summed E-state index contributed by atoms with van der Waals surface area (Å²) in [7, 11) is 0. The molecule has 1 N–H and O–H groups in total. The number of aromatic nitrogens is 1. The van der Waals surface area contributed by atoms with E-state index in [0.29, 0.717) is 0 Å². The van der Waals surface area contributed by atoms with Crippen molar-refractivity contribution >= 4 is 5.97 Å². The number of pyridine rings is 1. The van der Waals surface area contributed by atoms with Gasteiger partial charge in [-0.15, -0.1) is 0 Å². The number of carbonyl (C=O) groups is 1. The van der Waals surface area contributed by atoms with E-state index in [2.05, 4.69) is 11.9 Å². The topological polar surface area (TPSA) is 50.2 Å². The van der Waals surface area contributed by atoms with Crippen LogP contribution in [0.5, 0.6) is 0 Å². The summed E-state index contributed by atoms with van der Waals surface area (Å²) in [6.07, 6.45) is 12.8. The van der Waals surface area contributed by atoms with Crippen LogP contribution in [-0.4, -0.2) is 16.1 Å². The Kier molecular flexibility index (Phi) is 7.87. The normalized spacial score (nSPS) is 10.6. The Morgan fingerprint density at radius 1 is 1.05 bits per heavy atom. The van der Waals surface area contributed by atoms with E-state index in [0.717, 1.165) is 18.5 Å². The fraction of sp³-hybridized carbons (Fsp3) is 0.625. The van der Waals surface area contributed by atoms with E-state index < -0.39 is 5.97 Å². The van der Waals surface area contributed by atoms with E-state index in [1.54, 1.807) is 6.07 Å². The van der Waals surface area contributed by atoms with Gasteiger partial charge in [0, 0.05) is 11.9 Å². The Balaban J connectivity index is 2.07. The zero-order valence-electron chi connectivity index (χ0n) is 11.9. The molecule has 0 aliphatic carbocycles. The lowest BCUT2D eigenvalue weighted by molar-refractivity contribution is 0.0696. The zero-order valence-corrected chi connectivity index (χ0v) is 11.9. The first-order valence-electron chi connectivity index (χ1n) is 7.42. The van der Waals surface area contributed by atoms with E-state index in [1.807, 2.05) is 6.07 Å². The summed E-state index contributed by atoms with van der Waals surface area (Å²) in [6, 6.07) is 3.46. The third-order valence-corrected chi connectivity index (χ3v) is 3.36. The molecule has 0 aromatic carbocycles. The number of nitrogens with zero attached hydrogens (tertiary/aromatic N) is 1. The molecular formula is C16H25NO2. The summed E-state index contributed by atoms with van der Waals surface area (Å²) >= 11 is 0. The van der Waals surface area contributed by atoms with Gasteiger partial charge in [-0.3, -0.25) is 4.98 Å². The number of aromatic carboxylic acids is 1. The molecular weight excluding hydrogens is 238 g/mol. The SMILES string of the molecule is CCCCCCCCCCc1ccc(C(=O)O)cn1. The van der Waals surface area contributed by atoms with Gasteiger partial charge in [0.15, 0.2) is 0 Å². The van der Waals surface area contributed by atoms with Crippen LogP contribution in [0.2, 0.25) is 0 Å². The molecule has 1 rings (SSSR count). The van der Waals surface area contributed by atoms with E-state index in [1.165, 1.54) is 51.1 Å². The van der Waals surface area contributed by atoms with Gasteiger partial charge in [0.25, 0.3) is 0 Å². The fourth-order valence-electron chi connectivity index (χ4n) is 2.14. The molecule has 0 amide bonds. The average molecular weight is 263 g/mol. The number of aryl methyl sites for hydroxylation is 1. The van der Waals surface area contributed by atoms with Gasteiger partial charge in [-0.2, -0.15) is 0 Å². The number of carboxylic acids is 1. The quantitative estimate of drug-likeness (QED) is 0.634. The molecule has 0 bridgehead atoms. The standard InChI is InChI=1S/C16H25NO2/c1-2-3-4-5-6-7-8-9-10-15-12-11-14(13-17-15)16(18)19/h11-13H,2-10H2,1H3,(H,18,19). The molecule has 0 spiro atoms. The van der Waals surface area contributed by atoms with Crippen LogP contribution in [0.15, 0.2) is 18.3 Å². The van der Waals surface area contributed by atoms with Gasteiger partial charge in [-0.25, -0.2) is 4.79 Å². The van der Waals surface area contributed by atoms with Crippen molar-refractivity contribution in [3.8, 4) is 0 Å². The lowest BCUT2D eigenvalue weighted by Crippen LogP contribution is -1.98. The lowest BCUT2D eigenvalue weighted by atomic mass is 10.1. The van der Waals surface area contributed by atoms with E-state index >= 15 is 0 Å². The Bertz CT molecular complexity index is 360. The minimum atomic E-state index is -0.911. The maximum absolute atomic E-state index is 10.7. The largest absolute Gasteiger partial charge is 0.478 e. The maximum Gasteiger partial charge on any atom is 0.337 e. The monoisotopic (exact) mass is 263 g/mol. The summed E-state index contributed by atoms with van der Waals surface area (Å²) in [4.78, 5) is 14.9. The predicted molar refractivity (Wildman–Crippen MR) is 77.5 cm³/mol. The number of carboxylic acid groups (broad SMARTS) is 1. The van der Waals surface area contributed by atoms with Crippen molar-refractivity contribution in [3.05, 3.63) is 29.6 Å². The molecule has 3 heteroatoms. The van der Waals surface area contributed by atoms with Gasteiger partial charge in [-0.1, -0.05) is 51.9 Å². The van der Waals surface area contributed by atoms with Crippen molar-refractivity contribution in [1.29, 1.82) is 0 Å². The van der Waals surface area contributed by atoms with Crippen molar-refractivity contribution in [3.63, 3.8) is 0 Å². The van der Waals surface area contributed by atoms with Crippen LogP contribution in [-0.2, 0) is 6.42 Å². The van der Waals surface area contributed by atoms with Crippen molar-refractivity contribution in [1.82, 2.24) is 4.98 Å². The van der Waals surface area contributed by atoms with E-state index in [9.17, 15) is 4.79 Å². The molecule has 0 saturated carbocycles. The molecule has 0 saturated heterocycles. The molecule has 106 valence electrons. The predicted octanol–water partition coefficient (Wildman–Crippen LogP) is 4.46. The van der Waals surface area contributed by atoms with E-state index in [4.69, 9.17) is 5.11 Å². The van der Waals surface area contributed by atoms with Crippen LogP contribution in [0.1, 0.15) is 74.3 Å². The molecule has 1 aromatic rings. The summed E-state index contributed by atoms with van der Waals surface area (Å²) in [5, 5.41) is 8.77. The summed E-state index contributed by atoms with van der Waals surface area (Å²) in [5.41, 5.74) is 1.26. The molecule has 19 heavy (non-hydrogen) atoms. The average Bonchev–Trinajstić information content (AvgIpc) is 2.42. The number of rotatable bonds is 10. The van der Waals surface area contributed by atoms with Gasteiger partial charge in [0.1, 0.15) is 0 Å². The Morgan fingerprint density at radius 2 is 1.68 bits per heavy atom. The second-order valence-electron chi connectivity index (χ2n) is 5.07. The Hall–Kier alpha value is -1.38. The van der Waals surface area contributed by atoms with Crippen LogP contribution in [0, 0.1) is 0 Å². The van der Waals surface area contributed by atoms with Crippen LogP contribution in [0.3, 0.4) is 0 Å². The van der Waals surface area contributed by atoms with Gasteiger partial charge in [0.2, 0.25) is 0 Å². The third-order valence-electron chi connectivity index (χ3n) is 3.36. The molecule has 0 fully saturated rings. The molecule has 0 aliphatic heterocycles. The number of hydrogen-bond donors (Lipinski definition) is 1. The second-order valence-corrected chi connectivity index (χ2v) is 5.07. The second kappa shape index (κ2) is 9.54. The van der Waals surface area contributed by atoms with Crippen molar-refractivity contribution < 1.29 is 9.90 Å². The molecule has 0 unspecified atom stereocenters. The molecule has 1 aromatic heterocycles. The number of unbranched alkanes of at least 4 members (excludes halogenated alkanes) is 7. The molecule has 0 aliphatic rings. The molecule has 3 nitrogen and oxygen atoms in total. The Morgan fingerprint density at radius 3 is 2.21 bits per heavy atom. The van der Waals surface area contributed by atoms with Gasteiger partial charge < -0.3 is 5.11 Å². The molecule has 1 heterocycles. The van der Waals surface area contributed by atoms with Crippen molar-refractivity contribution in [2.24, 2.45) is 0 Å². The fourth-order valence-corrected chi connectivity index (χ4v) is 2.14. The first kappa shape index (κ1) is 15.7. The molecule has 0 radical (unpaired) electrons. The van der Waals surface area contributed by atoms with Crippen LogP contribution >= 0.6 is 0 Å². The Labute approximate surface area is 116 Å². The van der Waals surface area contributed by atoms with Gasteiger partial charge in [0.05, 0.1) is 5.56 Å².